The number of nitrogen functional groups attached to an aromatic ring is 1. The molecule has 0 spiro atoms. The highest BCUT2D eigenvalue weighted by molar-refractivity contribution is 6.31. The highest BCUT2D eigenvalue weighted by Crippen LogP contribution is 2.31. The predicted molar refractivity (Wildman–Crippen MR) is 67.9 cm³/mol. The Morgan fingerprint density at radius 2 is 2.19 bits per heavy atom. The van der Waals surface area contributed by atoms with Crippen LogP contribution in [0.2, 0.25) is 5.02 Å². The van der Waals surface area contributed by atoms with Gasteiger partial charge in [0.1, 0.15) is 0 Å². The first-order chi connectivity index (χ1) is 7.56. The van der Waals surface area contributed by atoms with Crippen LogP contribution in [-0.4, -0.2) is 24.8 Å². The molecule has 0 heterocycles. The van der Waals surface area contributed by atoms with Crippen LogP contribution in [0, 0.1) is 5.92 Å². The molecule has 0 bridgehead atoms. The third-order valence-corrected chi connectivity index (χ3v) is 3.38. The van der Waals surface area contributed by atoms with Gasteiger partial charge in [0.2, 0.25) is 0 Å². The Morgan fingerprint density at radius 3 is 2.81 bits per heavy atom. The first-order valence-electron chi connectivity index (χ1n) is 5.50. The zero-order chi connectivity index (χ0) is 11.7. The van der Waals surface area contributed by atoms with Crippen LogP contribution in [0.5, 0.6) is 0 Å². The van der Waals surface area contributed by atoms with Crippen molar-refractivity contribution in [1.82, 2.24) is 0 Å². The lowest BCUT2D eigenvalue weighted by Crippen LogP contribution is -2.37. The summed E-state index contributed by atoms with van der Waals surface area (Å²) in [5.74, 6) is 0.568. The van der Waals surface area contributed by atoms with Gasteiger partial charge in [-0.05, 0) is 37.0 Å². The van der Waals surface area contributed by atoms with Gasteiger partial charge in [-0.1, -0.05) is 11.6 Å². The first kappa shape index (κ1) is 11.6. The Labute approximate surface area is 101 Å². The zero-order valence-corrected chi connectivity index (χ0v) is 10.1. The van der Waals surface area contributed by atoms with Crippen LogP contribution in [0.25, 0.3) is 0 Å². The molecule has 0 aliphatic heterocycles. The number of hydrogen-bond donors (Lipinski definition) is 2. The molecular formula is C12H17ClN2O. The second kappa shape index (κ2) is 4.52. The summed E-state index contributed by atoms with van der Waals surface area (Å²) >= 11 is 5.95. The standard InChI is InChI=1S/C12H17ClN2O/c1-15(7-8-4-10(16)5-8)12-6-9(13)2-3-11(12)14/h2-3,6,8,10,16H,4-5,7,14H2,1H3. The van der Waals surface area contributed by atoms with Crippen molar-refractivity contribution in [1.29, 1.82) is 0 Å². The molecule has 3 nitrogen and oxygen atoms in total. The fraction of sp³-hybridized carbons (Fsp3) is 0.500. The van der Waals surface area contributed by atoms with Crippen molar-refractivity contribution in [2.75, 3.05) is 24.2 Å². The molecule has 1 aromatic rings. The van der Waals surface area contributed by atoms with Crippen LogP contribution in [0.15, 0.2) is 18.2 Å². The van der Waals surface area contributed by atoms with Crippen molar-refractivity contribution in [2.45, 2.75) is 18.9 Å². The van der Waals surface area contributed by atoms with E-state index in [1.54, 1.807) is 6.07 Å². The van der Waals surface area contributed by atoms with Crippen molar-refractivity contribution in [3.05, 3.63) is 23.2 Å². The number of nitrogens with zero attached hydrogens (tertiary/aromatic N) is 1. The average Bonchev–Trinajstić information content (AvgIpc) is 2.19. The molecule has 1 aliphatic carbocycles. The minimum atomic E-state index is -0.102. The lowest BCUT2D eigenvalue weighted by atomic mass is 9.82. The molecular weight excluding hydrogens is 224 g/mol. The van der Waals surface area contributed by atoms with Crippen molar-refractivity contribution < 1.29 is 5.11 Å². The van der Waals surface area contributed by atoms with Crippen LogP contribution in [0.4, 0.5) is 11.4 Å². The predicted octanol–water partition coefficient (Wildman–Crippen LogP) is 2.13. The molecule has 1 aliphatic rings. The molecule has 0 amide bonds. The van der Waals surface area contributed by atoms with Crippen molar-refractivity contribution in [3.8, 4) is 0 Å². The van der Waals surface area contributed by atoms with E-state index in [9.17, 15) is 5.11 Å². The lowest BCUT2D eigenvalue weighted by molar-refractivity contribution is 0.0465. The molecule has 1 saturated carbocycles. The summed E-state index contributed by atoms with van der Waals surface area (Å²) in [5.41, 5.74) is 7.61. The number of benzene rings is 1. The minimum Gasteiger partial charge on any atom is -0.397 e. The van der Waals surface area contributed by atoms with E-state index >= 15 is 0 Å². The summed E-state index contributed by atoms with van der Waals surface area (Å²) in [4.78, 5) is 2.11. The van der Waals surface area contributed by atoms with E-state index in [0.29, 0.717) is 10.9 Å². The molecule has 1 fully saturated rings. The maximum Gasteiger partial charge on any atom is 0.0612 e. The number of nitrogens with two attached hydrogens (primary N) is 1. The Hall–Kier alpha value is -0.930. The third-order valence-electron chi connectivity index (χ3n) is 3.15. The summed E-state index contributed by atoms with van der Waals surface area (Å²) in [6, 6.07) is 5.50. The highest BCUT2D eigenvalue weighted by atomic mass is 35.5. The quantitative estimate of drug-likeness (QED) is 0.796. The molecule has 0 radical (unpaired) electrons. The molecule has 4 heteroatoms. The maximum absolute atomic E-state index is 9.24. The summed E-state index contributed by atoms with van der Waals surface area (Å²) in [7, 11) is 2.01. The van der Waals surface area contributed by atoms with Crippen LogP contribution in [0.1, 0.15) is 12.8 Å². The number of aliphatic hydroxyl groups excluding tert-OH is 1. The fourth-order valence-corrected chi connectivity index (χ4v) is 2.35. The SMILES string of the molecule is CN(CC1CC(O)C1)c1cc(Cl)ccc1N. The molecule has 88 valence electrons. The molecule has 2 rings (SSSR count). The van der Waals surface area contributed by atoms with Gasteiger partial charge in [-0.25, -0.2) is 0 Å². The largest absolute Gasteiger partial charge is 0.397 e. The summed E-state index contributed by atoms with van der Waals surface area (Å²) in [6.45, 7) is 0.918. The van der Waals surface area contributed by atoms with Crippen LogP contribution in [-0.2, 0) is 0 Å². The molecule has 1 aromatic carbocycles. The third kappa shape index (κ3) is 2.42. The smallest absolute Gasteiger partial charge is 0.0612 e. The number of aliphatic hydroxyl groups is 1. The van der Waals surface area contributed by atoms with Gasteiger partial charge in [0.25, 0.3) is 0 Å². The van der Waals surface area contributed by atoms with E-state index in [-0.39, 0.29) is 6.10 Å². The van der Waals surface area contributed by atoms with Crippen LogP contribution < -0.4 is 10.6 Å². The Morgan fingerprint density at radius 1 is 1.50 bits per heavy atom. The van der Waals surface area contributed by atoms with Crippen molar-refractivity contribution in [3.63, 3.8) is 0 Å². The molecule has 3 N–H and O–H groups in total. The first-order valence-corrected chi connectivity index (χ1v) is 5.88. The Balaban J connectivity index is 2.02. The molecule has 0 saturated heterocycles. The normalized spacial score (nSPS) is 23.9. The fourth-order valence-electron chi connectivity index (χ4n) is 2.18. The molecule has 16 heavy (non-hydrogen) atoms. The van der Waals surface area contributed by atoms with Crippen molar-refractivity contribution in [2.24, 2.45) is 5.92 Å². The van der Waals surface area contributed by atoms with E-state index in [2.05, 4.69) is 4.90 Å². The van der Waals surface area contributed by atoms with Gasteiger partial charge in [-0.3, -0.25) is 0 Å². The monoisotopic (exact) mass is 240 g/mol. The second-order valence-electron chi connectivity index (χ2n) is 4.57. The van der Waals surface area contributed by atoms with E-state index < -0.39 is 0 Å². The zero-order valence-electron chi connectivity index (χ0n) is 9.36. The Bertz CT molecular complexity index is 377. The number of halogens is 1. The second-order valence-corrected chi connectivity index (χ2v) is 5.01. The van der Waals surface area contributed by atoms with E-state index in [1.165, 1.54) is 0 Å². The molecule has 0 aromatic heterocycles. The summed E-state index contributed by atoms with van der Waals surface area (Å²) in [6.07, 6.45) is 1.69. The number of hydrogen-bond acceptors (Lipinski definition) is 3. The molecule has 0 atom stereocenters. The van der Waals surface area contributed by atoms with Gasteiger partial charge in [0.15, 0.2) is 0 Å². The van der Waals surface area contributed by atoms with Gasteiger partial charge < -0.3 is 15.7 Å². The van der Waals surface area contributed by atoms with Gasteiger partial charge in [0.05, 0.1) is 17.5 Å². The van der Waals surface area contributed by atoms with E-state index in [0.717, 1.165) is 30.8 Å². The summed E-state index contributed by atoms with van der Waals surface area (Å²) < 4.78 is 0. The maximum atomic E-state index is 9.24. The number of anilines is 2. The van der Waals surface area contributed by atoms with Crippen LogP contribution in [0.3, 0.4) is 0 Å². The van der Waals surface area contributed by atoms with Gasteiger partial charge in [-0.15, -0.1) is 0 Å². The lowest BCUT2D eigenvalue weighted by Gasteiger charge is -2.35. The molecule has 0 unspecified atom stereocenters. The van der Waals surface area contributed by atoms with Crippen LogP contribution >= 0.6 is 11.6 Å². The van der Waals surface area contributed by atoms with Gasteiger partial charge >= 0.3 is 0 Å². The summed E-state index contributed by atoms with van der Waals surface area (Å²) in [5, 5.41) is 9.93. The van der Waals surface area contributed by atoms with Gasteiger partial charge in [-0.2, -0.15) is 0 Å². The van der Waals surface area contributed by atoms with Gasteiger partial charge in [0, 0.05) is 18.6 Å². The number of rotatable bonds is 3. The minimum absolute atomic E-state index is 0.102. The average molecular weight is 241 g/mol. The van der Waals surface area contributed by atoms with E-state index in [1.807, 2.05) is 19.2 Å². The Kier molecular flexibility index (Phi) is 3.26. The van der Waals surface area contributed by atoms with Crippen molar-refractivity contribution >= 4 is 23.0 Å². The highest BCUT2D eigenvalue weighted by Gasteiger charge is 2.28. The van der Waals surface area contributed by atoms with E-state index in [4.69, 9.17) is 17.3 Å². The topological polar surface area (TPSA) is 49.5 Å².